The minimum atomic E-state index is -0.00509. The summed E-state index contributed by atoms with van der Waals surface area (Å²) in [6, 6.07) is 9.02. The zero-order valence-corrected chi connectivity index (χ0v) is 15.6. The number of fused-ring (bicyclic) bond motifs is 1. The lowest BCUT2D eigenvalue weighted by Crippen LogP contribution is -2.43. The molecule has 2 N–H and O–H groups in total. The molecular weight excluding hydrogens is 326 g/mol. The number of hydrogen-bond acceptors (Lipinski definition) is 4. The number of morpholine rings is 1. The molecule has 0 bridgehead atoms. The first kappa shape index (κ1) is 18.0. The standard InChI is InChI=1S/C21H31N3O2/c25-21(20-13-16-5-3-4-8-19(16)23-20)22-14-17-6-1-2-7-18(17)15-24-9-11-26-12-10-24/h1-2,6-7,16,19-20,23H,3-5,8-15H2,(H,22,25). The lowest BCUT2D eigenvalue weighted by atomic mass is 9.85. The molecule has 1 amide bonds. The van der Waals surface area contributed by atoms with E-state index < -0.39 is 0 Å². The number of carbonyl (C=O) groups excluding carboxylic acids is 1. The maximum Gasteiger partial charge on any atom is 0.237 e. The lowest BCUT2D eigenvalue weighted by Gasteiger charge is -2.27. The predicted octanol–water partition coefficient (Wildman–Crippen LogP) is 2.06. The van der Waals surface area contributed by atoms with E-state index in [4.69, 9.17) is 4.74 Å². The van der Waals surface area contributed by atoms with E-state index >= 15 is 0 Å². The molecule has 1 aromatic carbocycles. The van der Waals surface area contributed by atoms with Gasteiger partial charge in [0.05, 0.1) is 19.3 Å². The number of nitrogens with one attached hydrogen (secondary N) is 2. The number of amides is 1. The highest BCUT2D eigenvalue weighted by Crippen LogP contribution is 2.33. The van der Waals surface area contributed by atoms with E-state index in [0.29, 0.717) is 18.5 Å². The Morgan fingerprint density at radius 1 is 1.15 bits per heavy atom. The fourth-order valence-electron chi connectivity index (χ4n) is 4.71. The lowest BCUT2D eigenvalue weighted by molar-refractivity contribution is -0.123. The van der Waals surface area contributed by atoms with Gasteiger partial charge in [-0.25, -0.2) is 0 Å². The highest BCUT2D eigenvalue weighted by Gasteiger charge is 2.38. The summed E-state index contributed by atoms with van der Waals surface area (Å²) in [5, 5.41) is 6.76. The van der Waals surface area contributed by atoms with E-state index in [-0.39, 0.29) is 11.9 Å². The van der Waals surface area contributed by atoms with Gasteiger partial charge in [0.25, 0.3) is 0 Å². The average Bonchev–Trinajstić information content (AvgIpc) is 3.12. The molecule has 3 fully saturated rings. The van der Waals surface area contributed by atoms with E-state index in [9.17, 15) is 4.79 Å². The quantitative estimate of drug-likeness (QED) is 0.847. The SMILES string of the molecule is O=C(NCc1ccccc1CN1CCOCC1)C1CC2CCCCC2N1. The monoisotopic (exact) mass is 357 g/mol. The number of carbonyl (C=O) groups is 1. The molecule has 142 valence electrons. The molecule has 26 heavy (non-hydrogen) atoms. The van der Waals surface area contributed by atoms with Crippen LogP contribution in [0.15, 0.2) is 24.3 Å². The van der Waals surface area contributed by atoms with Crippen molar-refractivity contribution in [2.24, 2.45) is 5.92 Å². The van der Waals surface area contributed by atoms with Gasteiger partial charge in [-0.1, -0.05) is 37.1 Å². The smallest absolute Gasteiger partial charge is 0.237 e. The normalized spacial score (nSPS) is 29.3. The Hall–Kier alpha value is -1.43. The van der Waals surface area contributed by atoms with Crippen LogP contribution >= 0.6 is 0 Å². The molecule has 4 rings (SSSR count). The number of rotatable bonds is 5. The Bertz CT molecular complexity index is 601. The van der Waals surface area contributed by atoms with E-state index in [1.165, 1.54) is 36.8 Å². The molecule has 3 unspecified atom stereocenters. The first-order valence-electron chi connectivity index (χ1n) is 10.2. The minimum absolute atomic E-state index is 0.00509. The summed E-state index contributed by atoms with van der Waals surface area (Å²) in [6.45, 7) is 5.14. The van der Waals surface area contributed by atoms with Crippen molar-refractivity contribution in [1.29, 1.82) is 0 Å². The van der Waals surface area contributed by atoms with Crippen LogP contribution in [0.1, 0.15) is 43.2 Å². The molecule has 1 aliphatic carbocycles. The van der Waals surface area contributed by atoms with Gasteiger partial charge in [-0.15, -0.1) is 0 Å². The zero-order valence-electron chi connectivity index (χ0n) is 15.6. The molecular formula is C21H31N3O2. The molecule has 0 spiro atoms. The molecule has 5 nitrogen and oxygen atoms in total. The highest BCUT2D eigenvalue weighted by molar-refractivity contribution is 5.82. The molecule has 2 saturated heterocycles. The van der Waals surface area contributed by atoms with Crippen LogP contribution in [0.3, 0.4) is 0 Å². The van der Waals surface area contributed by atoms with Crippen LogP contribution < -0.4 is 10.6 Å². The number of benzene rings is 1. The summed E-state index contributed by atoms with van der Waals surface area (Å²) in [5.41, 5.74) is 2.53. The minimum Gasteiger partial charge on any atom is -0.379 e. The Morgan fingerprint density at radius 3 is 2.73 bits per heavy atom. The van der Waals surface area contributed by atoms with Gasteiger partial charge >= 0.3 is 0 Å². The van der Waals surface area contributed by atoms with E-state index in [2.05, 4.69) is 39.8 Å². The molecule has 3 atom stereocenters. The van der Waals surface area contributed by atoms with Crippen molar-refractivity contribution in [1.82, 2.24) is 15.5 Å². The largest absolute Gasteiger partial charge is 0.379 e. The second-order valence-corrected chi connectivity index (χ2v) is 7.98. The zero-order chi connectivity index (χ0) is 17.8. The third-order valence-electron chi connectivity index (χ3n) is 6.25. The van der Waals surface area contributed by atoms with Gasteiger partial charge in [0.1, 0.15) is 0 Å². The second kappa shape index (κ2) is 8.51. The van der Waals surface area contributed by atoms with Crippen LogP contribution in [-0.2, 0) is 22.6 Å². The summed E-state index contributed by atoms with van der Waals surface area (Å²) in [4.78, 5) is 15.1. The van der Waals surface area contributed by atoms with Crippen LogP contribution in [0.25, 0.3) is 0 Å². The maximum absolute atomic E-state index is 12.7. The molecule has 1 saturated carbocycles. The molecule has 2 heterocycles. The third kappa shape index (κ3) is 4.27. The van der Waals surface area contributed by atoms with Crippen molar-refractivity contribution in [2.45, 2.75) is 57.3 Å². The van der Waals surface area contributed by atoms with Gasteiger partial charge in [-0.3, -0.25) is 9.69 Å². The Balaban J connectivity index is 1.32. The first-order chi connectivity index (χ1) is 12.8. The van der Waals surface area contributed by atoms with Crippen LogP contribution in [0.5, 0.6) is 0 Å². The summed E-state index contributed by atoms with van der Waals surface area (Å²) < 4.78 is 5.44. The summed E-state index contributed by atoms with van der Waals surface area (Å²) in [7, 11) is 0. The summed E-state index contributed by atoms with van der Waals surface area (Å²) in [6.07, 6.45) is 6.15. The van der Waals surface area contributed by atoms with Gasteiger partial charge in [0.2, 0.25) is 5.91 Å². The average molecular weight is 357 g/mol. The Kier molecular flexibility index (Phi) is 5.88. The van der Waals surface area contributed by atoms with Crippen molar-refractivity contribution in [3.63, 3.8) is 0 Å². The fourth-order valence-corrected chi connectivity index (χ4v) is 4.71. The maximum atomic E-state index is 12.7. The van der Waals surface area contributed by atoms with Gasteiger partial charge in [0.15, 0.2) is 0 Å². The number of nitrogens with zero attached hydrogens (tertiary/aromatic N) is 1. The molecule has 0 radical (unpaired) electrons. The van der Waals surface area contributed by atoms with Gasteiger partial charge in [0, 0.05) is 32.2 Å². The van der Waals surface area contributed by atoms with Crippen molar-refractivity contribution < 1.29 is 9.53 Å². The van der Waals surface area contributed by atoms with Gasteiger partial charge in [-0.05, 0) is 36.3 Å². The first-order valence-corrected chi connectivity index (χ1v) is 10.2. The molecule has 0 aromatic heterocycles. The second-order valence-electron chi connectivity index (χ2n) is 7.98. The van der Waals surface area contributed by atoms with E-state index in [0.717, 1.165) is 39.3 Å². The van der Waals surface area contributed by atoms with Crippen LogP contribution in [0, 0.1) is 5.92 Å². The van der Waals surface area contributed by atoms with Crippen molar-refractivity contribution in [3.05, 3.63) is 35.4 Å². The molecule has 1 aromatic rings. The molecule has 5 heteroatoms. The fraction of sp³-hybridized carbons (Fsp3) is 0.667. The Labute approximate surface area is 156 Å². The van der Waals surface area contributed by atoms with Gasteiger partial charge < -0.3 is 15.4 Å². The third-order valence-corrected chi connectivity index (χ3v) is 6.25. The van der Waals surface area contributed by atoms with Crippen LogP contribution in [0.2, 0.25) is 0 Å². The predicted molar refractivity (Wildman–Crippen MR) is 102 cm³/mol. The molecule has 3 aliphatic rings. The van der Waals surface area contributed by atoms with E-state index in [1.54, 1.807) is 0 Å². The van der Waals surface area contributed by atoms with Gasteiger partial charge in [-0.2, -0.15) is 0 Å². The highest BCUT2D eigenvalue weighted by atomic mass is 16.5. The topological polar surface area (TPSA) is 53.6 Å². The molecule has 2 aliphatic heterocycles. The summed E-state index contributed by atoms with van der Waals surface area (Å²) >= 11 is 0. The number of hydrogen-bond donors (Lipinski definition) is 2. The number of ether oxygens (including phenoxy) is 1. The van der Waals surface area contributed by atoms with Crippen LogP contribution in [0.4, 0.5) is 0 Å². The summed E-state index contributed by atoms with van der Waals surface area (Å²) in [5.74, 6) is 0.869. The van der Waals surface area contributed by atoms with Crippen molar-refractivity contribution >= 4 is 5.91 Å². The van der Waals surface area contributed by atoms with Crippen molar-refractivity contribution in [3.8, 4) is 0 Å². The van der Waals surface area contributed by atoms with Crippen molar-refractivity contribution in [2.75, 3.05) is 26.3 Å². The Morgan fingerprint density at radius 2 is 1.92 bits per heavy atom. The van der Waals surface area contributed by atoms with Crippen LogP contribution in [-0.4, -0.2) is 49.2 Å². The van der Waals surface area contributed by atoms with E-state index in [1.807, 2.05) is 0 Å².